The van der Waals surface area contributed by atoms with Crippen LogP contribution >= 0.6 is 0 Å². The van der Waals surface area contributed by atoms with Gasteiger partial charge in [-0.15, -0.1) is 0 Å². The smallest absolute Gasteiger partial charge is 0.322 e. The number of hydrogen-bond acceptors (Lipinski definition) is 4. The van der Waals surface area contributed by atoms with E-state index in [9.17, 15) is 4.79 Å². The van der Waals surface area contributed by atoms with E-state index in [0.717, 1.165) is 16.6 Å². The summed E-state index contributed by atoms with van der Waals surface area (Å²) in [5.74, 6) is 0.425. The van der Waals surface area contributed by atoms with Gasteiger partial charge in [0.25, 0.3) is 5.91 Å². The number of rotatable bonds is 4. The van der Waals surface area contributed by atoms with Crippen LogP contribution in [0, 0.1) is 6.92 Å². The van der Waals surface area contributed by atoms with E-state index in [0.29, 0.717) is 23.0 Å². The van der Waals surface area contributed by atoms with Crippen molar-refractivity contribution in [2.45, 2.75) is 6.92 Å². The van der Waals surface area contributed by atoms with Crippen molar-refractivity contribution >= 4 is 22.5 Å². The average molecular weight is 344 g/mol. The summed E-state index contributed by atoms with van der Waals surface area (Å²) < 4.78 is 5.61. The molecular weight excluding hydrogens is 328 g/mol. The van der Waals surface area contributed by atoms with E-state index >= 15 is 0 Å². The van der Waals surface area contributed by atoms with E-state index < -0.39 is 0 Å². The zero-order valence-electron chi connectivity index (χ0n) is 14.1. The Morgan fingerprint density at radius 2 is 1.92 bits per heavy atom. The maximum absolute atomic E-state index is 12.6. The maximum atomic E-state index is 12.6. The second-order valence-electron chi connectivity index (χ2n) is 5.81. The monoisotopic (exact) mass is 344 g/mol. The molecule has 128 valence electrons. The third kappa shape index (κ3) is 3.25. The van der Waals surface area contributed by atoms with Gasteiger partial charge in [-0.3, -0.25) is 4.79 Å². The summed E-state index contributed by atoms with van der Waals surface area (Å²) in [5.41, 5.74) is 2.93. The van der Waals surface area contributed by atoms with Gasteiger partial charge in [-0.05, 0) is 49.4 Å². The fraction of sp³-hybridized carbons (Fsp3) is 0.0500. The van der Waals surface area contributed by atoms with Crippen molar-refractivity contribution in [3.63, 3.8) is 0 Å². The average Bonchev–Trinajstić information content (AvgIpc) is 3.12. The molecule has 0 saturated carbocycles. The Hall–Kier alpha value is -3.67. The highest BCUT2D eigenvalue weighted by Gasteiger charge is 2.11. The number of aromatic nitrogens is 3. The summed E-state index contributed by atoms with van der Waals surface area (Å²) in [6.07, 6.45) is 3.47. The van der Waals surface area contributed by atoms with Crippen LogP contribution in [0.5, 0.6) is 11.8 Å². The molecule has 0 aliphatic heterocycles. The minimum Gasteiger partial charge on any atom is -0.424 e. The highest BCUT2D eigenvalue weighted by atomic mass is 16.5. The highest BCUT2D eigenvalue weighted by molar-refractivity contribution is 6.11. The minimum absolute atomic E-state index is 0.172. The lowest BCUT2D eigenvalue weighted by Crippen LogP contribution is -2.12. The fourth-order valence-corrected chi connectivity index (χ4v) is 2.66. The van der Waals surface area contributed by atoms with E-state index in [-0.39, 0.29) is 5.91 Å². The van der Waals surface area contributed by atoms with Crippen molar-refractivity contribution in [1.82, 2.24) is 15.0 Å². The van der Waals surface area contributed by atoms with Crippen molar-refractivity contribution in [2.75, 3.05) is 5.32 Å². The number of nitrogens with one attached hydrogen (secondary N) is 2. The van der Waals surface area contributed by atoms with Gasteiger partial charge in [0, 0.05) is 29.2 Å². The molecule has 0 bridgehead atoms. The number of para-hydroxylation sites is 1. The normalized spacial score (nSPS) is 10.7. The molecule has 0 spiro atoms. The molecular formula is C20H16N4O2. The third-order valence-electron chi connectivity index (χ3n) is 3.93. The number of carbonyl (C=O) groups is 1. The van der Waals surface area contributed by atoms with Crippen molar-refractivity contribution < 1.29 is 9.53 Å². The Balaban J connectivity index is 1.49. The van der Waals surface area contributed by atoms with Crippen LogP contribution in [0.25, 0.3) is 10.9 Å². The fourth-order valence-electron chi connectivity index (χ4n) is 2.66. The van der Waals surface area contributed by atoms with Gasteiger partial charge in [0.2, 0.25) is 0 Å². The lowest BCUT2D eigenvalue weighted by molar-refractivity contribution is 0.102. The molecule has 4 aromatic rings. The standard InChI is InChI=1S/C20H16N4O2/c1-13-9-11-22-20(23-13)26-16-7-5-15(6-8-16)24-19(25)17-4-2-3-14-10-12-21-18(14)17/h2-12,21H,1H3,(H,24,25). The molecule has 26 heavy (non-hydrogen) atoms. The van der Waals surface area contributed by atoms with Crippen molar-refractivity contribution in [2.24, 2.45) is 0 Å². The number of nitrogens with zero attached hydrogens (tertiary/aromatic N) is 2. The van der Waals surface area contributed by atoms with Gasteiger partial charge in [-0.25, -0.2) is 9.97 Å². The van der Waals surface area contributed by atoms with Gasteiger partial charge < -0.3 is 15.0 Å². The number of hydrogen-bond donors (Lipinski definition) is 2. The second-order valence-corrected chi connectivity index (χ2v) is 5.81. The van der Waals surface area contributed by atoms with Crippen LogP contribution < -0.4 is 10.1 Å². The molecule has 1 amide bonds. The Kier molecular flexibility index (Phi) is 4.07. The molecule has 0 aliphatic carbocycles. The zero-order valence-corrected chi connectivity index (χ0v) is 14.1. The maximum Gasteiger partial charge on any atom is 0.322 e. The number of amides is 1. The summed E-state index contributed by atoms with van der Waals surface area (Å²) in [6.45, 7) is 1.87. The Bertz CT molecular complexity index is 1070. The first-order chi connectivity index (χ1) is 12.7. The van der Waals surface area contributed by atoms with E-state index in [1.54, 1.807) is 42.6 Å². The topological polar surface area (TPSA) is 79.9 Å². The van der Waals surface area contributed by atoms with Gasteiger partial charge >= 0.3 is 6.01 Å². The molecule has 0 unspecified atom stereocenters. The molecule has 0 aliphatic rings. The Labute approximate surface area is 149 Å². The SMILES string of the molecule is Cc1ccnc(Oc2ccc(NC(=O)c3cccc4cc[nH]c34)cc2)n1. The van der Waals surface area contributed by atoms with E-state index in [4.69, 9.17) is 4.74 Å². The molecule has 6 heteroatoms. The summed E-state index contributed by atoms with van der Waals surface area (Å²) in [7, 11) is 0. The van der Waals surface area contributed by atoms with Crippen LogP contribution in [0.3, 0.4) is 0 Å². The number of benzene rings is 2. The summed E-state index contributed by atoms with van der Waals surface area (Å²) in [4.78, 5) is 23.9. The lowest BCUT2D eigenvalue weighted by Gasteiger charge is -2.08. The quantitative estimate of drug-likeness (QED) is 0.578. The van der Waals surface area contributed by atoms with E-state index in [1.165, 1.54) is 0 Å². The van der Waals surface area contributed by atoms with Gasteiger partial charge in [0.15, 0.2) is 0 Å². The highest BCUT2D eigenvalue weighted by Crippen LogP contribution is 2.22. The number of aryl methyl sites for hydroxylation is 1. The molecule has 2 aromatic carbocycles. The predicted octanol–water partition coefficient (Wildman–Crippen LogP) is 4.31. The zero-order chi connectivity index (χ0) is 17.9. The van der Waals surface area contributed by atoms with Crippen LogP contribution in [0.2, 0.25) is 0 Å². The first kappa shape index (κ1) is 15.8. The van der Waals surface area contributed by atoms with Crippen molar-refractivity contribution in [3.8, 4) is 11.8 Å². The molecule has 2 N–H and O–H groups in total. The lowest BCUT2D eigenvalue weighted by atomic mass is 10.1. The van der Waals surface area contributed by atoms with E-state index in [1.807, 2.05) is 31.3 Å². The number of carbonyl (C=O) groups excluding carboxylic acids is 1. The number of H-pyrrole nitrogens is 1. The minimum atomic E-state index is -0.172. The van der Waals surface area contributed by atoms with Crippen LogP contribution in [0.1, 0.15) is 16.1 Å². The summed E-state index contributed by atoms with van der Waals surface area (Å²) in [6, 6.07) is 16.7. The van der Waals surface area contributed by atoms with Crippen molar-refractivity contribution in [1.29, 1.82) is 0 Å². The van der Waals surface area contributed by atoms with Gasteiger partial charge in [-0.2, -0.15) is 0 Å². The largest absolute Gasteiger partial charge is 0.424 e. The first-order valence-electron chi connectivity index (χ1n) is 8.14. The Morgan fingerprint density at radius 1 is 1.08 bits per heavy atom. The van der Waals surface area contributed by atoms with Gasteiger partial charge in [0.1, 0.15) is 5.75 Å². The van der Waals surface area contributed by atoms with E-state index in [2.05, 4.69) is 20.3 Å². The van der Waals surface area contributed by atoms with Crippen LogP contribution in [-0.2, 0) is 0 Å². The molecule has 0 saturated heterocycles. The predicted molar refractivity (Wildman–Crippen MR) is 99.5 cm³/mol. The number of aromatic amines is 1. The summed E-state index contributed by atoms with van der Waals surface area (Å²) in [5, 5.41) is 3.89. The molecule has 0 atom stereocenters. The van der Waals surface area contributed by atoms with Gasteiger partial charge in [0.05, 0.1) is 11.1 Å². The Morgan fingerprint density at radius 3 is 2.73 bits per heavy atom. The molecule has 0 fully saturated rings. The van der Waals surface area contributed by atoms with Crippen molar-refractivity contribution in [3.05, 3.63) is 78.2 Å². The molecule has 6 nitrogen and oxygen atoms in total. The summed E-state index contributed by atoms with van der Waals surface area (Å²) >= 11 is 0. The van der Waals surface area contributed by atoms with Crippen LogP contribution in [-0.4, -0.2) is 20.9 Å². The van der Waals surface area contributed by atoms with Gasteiger partial charge in [-0.1, -0.05) is 12.1 Å². The van der Waals surface area contributed by atoms with Crippen LogP contribution in [0.4, 0.5) is 5.69 Å². The number of ether oxygens (including phenoxy) is 1. The third-order valence-corrected chi connectivity index (χ3v) is 3.93. The second kappa shape index (κ2) is 6.68. The number of fused-ring (bicyclic) bond motifs is 1. The first-order valence-corrected chi connectivity index (χ1v) is 8.14. The molecule has 0 radical (unpaired) electrons. The molecule has 2 aromatic heterocycles. The number of anilines is 1. The molecule has 4 rings (SSSR count). The van der Waals surface area contributed by atoms with Crippen LogP contribution in [0.15, 0.2) is 67.0 Å². The molecule has 2 heterocycles.